The largest absolute Gasteiger partial charge is 0.316 e. The van der Waals surface area contributed by atoms with Gasteiger partial charge in [0.05, 0.1) is 0 Å². The van der Waals surface area contributed by atoms with Gasteiger partial charge in [0.1, 0.15) is 0 Å². The number of hydrogen-bond donors (Lipinski definition) is 0. The van der Waals surface area contributed by atoms with E-state index in [4.69, 9.17) is 0 Å². The summed E-state index contributed by atoms with van der Waals surface area (Å²) in [5.74, 6) is 0. The quantitative estimate of drug-likeness (QED) is 0.464. The van der Waals surface area contributed by atoms with E-state index in [-0.39, 0.29) is 5.56 Å². The van der Waals surface area contributed by atoms with Gasteiger partial charge in [-0.1, -0.05) is 77.2 Å². The fourth-order valence-electron chi connectivity index (χ4n) is 3.02. The van der Waals surface area contributed by atoms with Gasteiger partial charge in [-0.15, -0.1) is 0 Å². The Hall–Kier alpha value is -1.05. The van der Waals surface area contributed by atoms with Gasteiger partial charge in [0.25, 0.3) is 5.56 Å². The van der Waals surface area contributed by atoms with Gasteiger partial charge in [0, 0.05) is 18.3 Å². The SMILES string of the molecule is CCCCCCCCCCCCCc1ccc(C)c(=O)n1C. The molecule has 0 aliphatic rings. The number of unbranched alkanes of at least 4 members (excludes halogenated alkanes) is 10. The minimum absolute atomic E-state index is 0.153. The van der Waals surface area contributed by atoms with Gasteiger partial charge in [-0.2, -0.15) is 0 Å². The summed E-state index contributed by atoms with van der Waals surface area (Å²) in [7, 11) is 1.89. The Balaban J connectivity index is 2.02. The number of hydrogen-bond acceptors (Lipinski definition) is 1. The van der Waals surface area contributed by atoms with Crippen molar-refractivity contribution in [3.05, 3.63) is 33.7 Å². The van der Waals surface area contributed by atoms with Gasteiger partial charge in [0.15, 0.2) is 0 Å². The number of aromatic nitrogens is 1. The molecule has 22 heavy (non-hydrogen) atoms. The van der Waals surface area contributed by atoms with Crippen LogP contribution in [0.25, 0.3) is 0 Å². The summed E-state index contributed by atoms with van der Waals surface area (Å²) in [6.07, 6.45) is 16.1. The van der Waals surface area contributed by atoms with Crippen LogP contribution in [-0.4, -0.2) is 4.57 Å². The van der Waals surface area contributed by atoms with Crippen LogP contribution in [0.1, 0.15) is 88.8 Å². The van der Waals surface area contributed by atoms with Gasteiger partial charge in [-0.3, -0.25) is 4.79 Å². The fraction of sp³-hybridized carbons (Fsp3) is 0.750. The van der Waals surface area contributed by atoms with E-state index in [0.29, 0.717) is 0 Å². The standard InChI is InChI=1S/C20H35NO/c1-4-5-6-7-8-9-10-11-12-13-14-15-19-17-16-18(2)20(22)21(19)3/h16-17H,4-15H2,1-3H3. The van der Waals surface area contributed by atoms with Crippen LogP contribution in [0, 0.1) is 6.92 Å². The van der Waals surface area contributed by atoms with Crippen molar-refractivity contribution in [2.75, 3.05) is 0 Å². The molecule has 0 amide bonds. The zero-order chi connectivity index (χ0) is 16.2. The minimum Gasteiger partial charge on any atom is -0.316 e. The van der Waals surface area contributed by atoms with Crippen molar-refractivity contribution in [2.24, 2.45) is 7.05 Å². The van der Waals surface area contributed by atoms with E-state index >= 15 is 0 Å². The van der Waals surface area contributed by atoms with Crippen molar-refractivity contribution < 1.29 is 0 Å². The molecule has 0 atom stereocenters. The molecule has 2 nitrogen and oxygen atoms in total. The van der Waals surface area contributed by atoms with Gasteiger partial charge in [-0.25, -0.2) is 0 Å². The molecule has 0 spiro atoms. The van der Waals surface area contributed by atoms with Crippen LogP contribution in [0.4, 0.5) is 0 Å². The van der Waals surface area contributed by atoms with Crippen LogP contribution in [0.2, 0.25) is 0 Å². The summed E-state index contributed by atoms with van der Waals surface area (Å²) in [4.78, 5) is 11.9. The van der Waals surface area contributed by atoms with Crippen LogP contribution in [0.3, 0.4) is 0 Å². The van der Waals surface area contributed by atoms with Crippen LogP contribution in [0.15, 0.2) is 16.9 Å². The van der Waals surface area contributed by atoms with E-state index in [2.05, 4.69) is 13.0 Å². The average Bonchev–Trinajstić information content (AvgIpc) is 2.52. The molecule has 0 unspecified atom stereocenters. The van der Waals surface area contributed by atoms with E-state index in [1.807, 2.05) is 24.6 Å². The molecule has 0 saturated heterocycles. The zero-order valence-electron chi connectivity index (χ0n) is 15.0. The number of pyridine rings is 1. The fourth-order valence-corrected chi connectivity index (χ4v) is 3.02. The predicted octanol–water partition coefficient (Wildman–Crippen LogP) is 5.55. The Morgan fingerprint density at radius 2 is 1.32 bits per heavy atom. The Labute approximate surface area is 136 Å². The maximum absolute atomic E-state index is 11.9. The van der Waals surface area contributed by atoms with E-state index in [0.717, 1.165) is 12.0 Å². The van der Waals surface area contributed by atoms with E-state index in [1.54, 1.807) is 0 Å². The Kier molecular flexibility index (Phi) is 9.94. The zero-order valence-corrected chi connectivity index (χ0v) is 15.0. The van der Waals surface area contributed by atoms with E-state index in [1.165, 1.54) is 76.3 Å². The first-order chi connectivity index (χ1) is 10.7. The first kappa shape index (κ1) is 19.0. The third-order valence-corrected chi connectivity index (χ3v) is 4.63. The van der Waals surface area contributed by atoms with E-state index in [9.17, 15) is 4.79 Å². The lowest BCUT2D eigenvalue weighted by atomic mass is 10.0. The summed E-state index contributed by atoms with van der Waals surface area (Å²) >= 11 is 0. The monoisotopic (exact) mass is 305 g/mol. The topological polar surface area (TPSA) is 22.0 Å². The molecule has 0 aromatic carbocycles. The normalized spacial score (nSPS) is 11.0. The summed E-state index contributed by atoms with van der Waals surface area (Å²) < 4.78 is 1.81. The molecule has 0 aliphatic heterocycles. The van der Waals surface area contributed by atoms with Gasteiger partial charge in [-0.05, 0) is 25.8 Å². The van der Waals surface area contributed by atoms with Crippen molar-refractivity contribution >= 4 is 0 Å². The van der Waals surface area contributed by atoms with E-state index < -0.39 is 0 Å². The molecule has 0 saturated carbocycles. The molecule has 0 bridgehead atoms. The number of rotatable bonds is 12. The summed E-state index contributed by atoms with van der Waals surface area (Å²) in [5.41, 5.74) is 2.16. The molecule has 0 aliphatic carbocycles. The Morgan fingerprint density at radius 3 is 1.86 bits per heavy atom. The molecule has 1 aromatic heterocycles. The summed E-state index contributed by atoms with van der Waals surface area (Å²) in [6.45, 7) is 4.16. The highest BCUT2D eigenvalue weighted by atomic mass is 16.1. The lowest BCUT2D eigenvalue weighted by Gasteiger charge is -2.08. The molecule has 126 valence electrons. The summed E-state index contributed by atoms with van der Waals surface area (Å²) in [6, 6.07) is 4.06. The molecule has 2 heteroatoms. The molecule has 1 rings (SSSR count). The van der Waals surface area contributed by atoms with Crippen LogP contribution >= 0.6 is 0 Å². The second kappa shape index (κ2) is 11.5. The number of aryl methyl sites for hydroxylation is 2. The first-order valence-electron chi connectivity index (χ1n) is 9.32. The number of nitrogens with zero attached hydrogens (tertiary/aromatic N) is 1. The second-order valence-corrected chi connectivity index (χ2v) is 6.66. The molecule has 0 N–H and O–H groups in total. The maximum Gasteiger partial charge on any atom is 0.253 e. The Bertz CT molecular complexity index is 461. The van der Waals surface area contributed by atoms with Crippen molar-refractivity contribution in [1.82, 2.24) is 4.57 Å². The highest BCUT2D eigenvalue weighted by Crippen LogP contribution is 2.12. The van der Waals surface area contributed by atoms with Crippen LogP contribution in [0.5, 0.6) is 0 Å². The third-order valence-electron chi connectivity index (χ3n) is 4.63. The highest BCUT2D eigenvalue weighted by molar-refractivity contribution is 5.14. The Morgan fingerprint density at radius 1 is 0.818 bits per heavy atom. The smallest absolute Gasteiger partial charge is 0.253 e. The lowest BCUT2D eigenvalue weighted by molar-refractivity contribution is 0.547. The predicted molar refractivity (Wildman–Crippen MR) is 96.6 cm³/mol. The lowest BCUT2D eigenvalue weighted by Crippen LogP contribution is -2.22. The van der Waals surface area contributed by atoms with Crippen LogP contribution < -0.4 is 5.56 Å². The highest BCUT2D eigenvalue weighted by Gasteiger charge is 2.02. The van der Waals surface area contributed by atoms with Gasteiger partial charge in [0.2, 0.25) is 0 Å². The van der Waals surface area contributed by atoms with Crippen molar-refractivity contribution in [3.8, 4) is 0 Å². The van der Waals surface area contributed by atoms with Gasteiger partial charge >= 0.3 is 0 Å². The molecular formula is C20H35NO. The molecule has 1 heterocycles. The van der Waals surface area contributed by atoms with Crippen molar-refractivity contribution in [3.63, 3.8) is 0 Å². The third kappa shape index (κ3) is 7.29. The minimum atomic E-state index is 0.153. The van der Waals surface area contributed by atoms with Crippen LogP contribution in [-0.2, 0) is 13.5 Å². The molecule has 0 fully saturated rings. The molecule has 1 aromatic rings. The summed E-state index contributed by atoms with van der Waals surface area (Å²) in [5, 5.41) is 0. The maximum atomic E-state index is 11.9. The van der Waals surface area contributed by atoms with Crippen molar-refractivity contribution in [2.45, 2.75) is 90.9 Å². The second-order valence-electron chi connectivity index (χ2n) is 6.66. The molecular weight excluding hydrogens is 270 g/mol. The van der Waals surface area contributed by atoms with Gasteiger partial charge < -0.3 is 4.57 Å². The first-order valence-corrected chi connectivity index (χ1v) is 9.32. The van der Waals surface area contributed by atoms with Crippen molar-refractivity contribution in [1.29, 1.82) is 0 Å². The molecule has 0 radical (unpaired) electrons. The average molecular weight is 306 g/mol.